The fourth-order valence-electron chi connectivity index (χ4n) is 2.49. The lowest BCUT2D eigenvalue weighted by Crippen LogP contribution is -2.44. The summed E-state index contributed by atoms with van der Waals surface area (Å²) in [6, 6.07) is -0.250. The van der Waals surface area contributed by atoms with E-state index >= 15 is 0 Å². The van der Waals surface area contributed by atoms with E-state index in [0.717, 1.165) is 18.5 Å². The number of carbonyl (C=O) groups excluding carboxylic acids is 2. The molecule has 0 saturated carbocycles. The molecule has 0 N–H and O–H groups in total. The highest BCUT2D eigenvalue weighted by Gasteiger charge is 2.30. The van der Waals surface area contributed by atoms with E-state index in [1.54, 1.807) is 7.05 Å². The third-order valence-electron chi connectivity index (χ3n) is 4.03. The van der Waals surface area contributed by atoms with Crippen molar-refractivity contribution in [2.75, 3.05) is 13.7 Å². The molecule has 1 atom stereocenters. The molecule has 0 spiro atoms. The minimum absolute atomic E-state index is 0.0612. The van der Waals surface area contributed by atoms with Crippen molar-refractivity contribution in [3.8, 4) is 0 Å². The molecule has 0 saturated heterocycles. The summed E-state index contributed by atoms with van der Waals surface area (Å²) < 4.78 is 11.0. The third-order valence-corrected chi connectivity index (χ3v) is 4.96. The lowest BCUT2D eigenvalue weighted by atomic mass is 9.97. The Morgan fingerprint density at radius 1 is 1.30 bits per heavy atom. The molecule has 0 fully saturated rings. The molecule has 6 nitrogen and oxygen atoms in total. The zero-order chi connectivity index (χ0) is 20.6. The second-order valence-electron chi connectivity index (χ2n) is 8.08. The Balaban J connectivity index is 2.70. The first-order valence-electron chi connectivity index (χ1n) is 9.56. The largest absolute Gasteiger partial charge is 0.444 e. The van der Waals surface area contributed by atoms with Crippen molar-refractivity contribution in [1.29, 1.82) is 0 Å². The second-order valence-corrected chi connectivity index (χ2v) is 8.94. The van der Waals surface area contributed by atoms with E-state index in [1.165, 1.54) is 16.2 Å². The van der Waals surface area contributed by atoms with Gasteiger partial charge in [-0.15, -0.1) is 11.3 Å². The summed E-state index contributed by atoms with van der Waals surface area (Å²) in [6.45, 7) is 12.7. The van der Waals surface area contributed by atoms with Crippen molar-refractivity contribution >= 4 is 23.2 Å². The number of rotatable bonds is 10. The maximum atomic E-state index is 12.7. The molecular weight excluding hydrogens is 364 g/mol. The van der Waals surface area contributed by atoms with Crippen LogP contribution in [0.15, 0.2) is 5.38 Å². The molecule has 1 heterocycles. The van der Waals surface area contributed by atoms with Crippen LogP contribution < -0.4 is 0 Å². The predicted octanol–water partition coefficient (Wildman–Crippen LogP) is 4.92. The van der Waals surface area contributed by atoms with Crippen LogP contribution in [-0.2, 0) is 16.1 Å². The third kappa shape index (κ3) is 8.39. The van der Waals surface area contributed by atoms with Gasteiger partial charge in [-0.25, -0.2) is 9.78 Å². The Morgan fingerprint density at radius 3 is 2.52 bits per heavy atom. The molecule has 0 aliphatic carbocycles. The van der Waals surface area contributed by atoms with Gasteiger partial charge in [0.15, 0.2) is 10.8 Å². The number of aromatic nitrogens is 1. The SMILES string of the molecule is CCCCOCc1csc(C(=O)C[C@H](C(C)C)N(C)C(=O)OC(C)(C)C)n1. The summed E-state index contributed by atoms with van der Waals surface area (Å²) in [4.78, 5) is 31.0. The number of hydrogen-bond donors (Lipinski definition) is 0. The van der Waals surface area contributed by atoms with Gasteiger partial charge in [-0.3, -0.25) is 4.79 Å². The van der Waals surface area contributed by atoms with E-state index in [2.05, 4.69) is 11.9 Å². The van der Waals surface area contributed by atoms with E-state index in [-0.39, 0.29) is 24.2 Å². The quantitative estimate of drug-likeness (QED) is 0.413. The molecule has 0 bridgehead atoms. The summed E-state index contributed by atoms with van der Waals surface area (Å²) in [6.07, 6.45) is 1.90. The highest BCUT2D eigenvalue weighted by molar-refractivity contribution is 7.11. The summed E-state index contributed by atoms with van der Waals surface area (Å²) in [5.41, 5.74) is 0.208. The standard InChI is InChI=1S/C20H34N2O4S/c1-8-9-10-25-12-15-13-27-18(21-15)17(23)11-16(14(2)3)22(7)19(24)26-20(4,5)6/h13-14,16H,8-12H2,1-7H3/t16-/m1/s1. The van der Waals surface area contributed by atoms with Gasteiger partial charge < -0.3 is 14.4 Å². The molecule has 1 amide bonds. The average molecular weight is 399 g/mol. The van der Waals surface area contributed by atoms with Gasteiger partial charge in [-0.2, -0.15) is 0 Å². The topological polar surface area (TPSA) is 68.7 Å². The van der Waals surface area contributed by atoms with Crippen LogP contribution in [0.1, 0.15) is 76.3 Å². The van der Waals surface area contributed by atoms with Gasteiger partial charge in [-0.1, -0.05) is 27.2 Å². The second kappa shape index (κ2) is 10.8. The highest BCUT2D eigenvalue weighted by Crippen LogP contribution is 2.21. The summed E-state index contributed by atoms with van der Waals surface area (Å²) in [5, 5.41) is 2.33. The molecule has 0 aromatic carbocycles. The molecule has 0 aliphatic heterocycles. The van der Waals surface area contributed by atoms with Gasteiger partial charge in [0.2, 0.25) is 0 Å². The summed E-state index contributed by atoms with van der Waals surface area (Å²) in [5.74, 6) is 0.0530. The minimum atomic E-state index is -0.571. The van der Waals surface area contributed by atoms with Crippen molar-refractivity contribution in [3.63, 3.8) is 0 Å². The van der Waals surface area contributed by atoms with E-state index < -0.39 is 11.7 Å². The van der Waals surface area contributed by atoms with Crippen molar-refractivity contribution in [1.82, 2.24) is 9.88 Å². The number of carbonyl (C=O) groups is 2. The number of Topliss-reactive ketones (excluding diaryl/α,β-unsaturated/α-hetero) is 1. The lowest BCUT2D eigenvalue weighted by Gasteiger charge is -2.32. The van der Waals surface area contributed by atoms with Crippen molar-refractivity contribution in [3.05, 3.63) is 16.1 Å². The number of thiazole rings is 1. The number of ether oxygens (including phenoxy) is 2. The van der Waals surface area contributed by atoms with Gasteiger partial charge in [-0.05, 0) is 33.1 Å². The monoisotopic (exact) mass is 398 g/mol. The first-order chi connectivity index (χ1) is 12.5. The fraction of sp³-hybridized carbons (Fsp3) is 0.750. The average Bonchev–Trinajstić information content (AvgIpc) is 3.03. The number of ketones is 1. The zero-order valence-electron chi connectivity index (χ0n) is 17.7. The Kier molecular flexibility index (Phi) is 9.39. The molecular formula is C20H34N2O4S. The van der Waals surface area contributed by atoms with Crippen LogP contribution in [0.5, 0.6) is 0 Å². The number of amides is 1. The smallest absolute Gasteiger partial charge is 0.410 e. The number of nitrogens with zero attached hydrogens (tertiary/aromatic N) is 2. The molecule has 154 valence electrons. The van der Waals surface area contributed by atoms with E-state index in [9.17, 15) is 9.59 Å². The zero-order valence-corrected chi connectivity index (χ0v) is 18.5. The van der Waals surface area contributed by atoms with Crippen LogP contribution >= 0.6 is 11.3 Å². The Hall–Kier alpha value is -1.47. The van der Waals surface area contributed by atoms with Crippen LogP contribution in [0.4, 0.5) is 4.79 Å². The summed E-state index contributed by atoms with van der Waals surface area (Å²) in [7, 11) is 1.68. The van der Waals surface area contributed by atoms with Gasteiger partial charge >= 0.3 is 6.09 Å². The van der Waals surface area contributed by atoms with Gasteiger partial charge in [0, 0.05) is 31.5 Å². The Morgan fingerprint density at radius 2 is 1.96 bits per heavy atom. The molecule has 0 radical (unpaired) electrons. The molecule has 0 aliphatic rings. The van der Waals surface area contributed by atoms with Gasteiger partial charge in [0.25, 0.3) is 0 Å². The van der Waals surface area contributed by atoms with Crippen LogP contribution in [0, 0.1) is 5.92 Å². The van der Waals surface area contributed by atoms with Crippen molar-refractivity contribution in [2.24, 2.45) is 5.92 Å². The molecule has 1 aromatic heterocycles. The molecule has 7 heteroatoms. The minimum Gasteiger partial charge on any atom is -0.444 e. The van der Waals surface area contributed by atoms with Gasteiger partial charge in [0.1, 0.15) is 5.60 Å². The van der Waals surface area contributed by atoms with Gasteiger partial charge in [0.05, 0.1) is 12.3 Å². The number of unbranched alkanes of at least 4 members (excludes halogenated alkanes) is 1. The molecule has 27 heavy (non-hydrogen) atoms. The van der Waals surface area contributed by atoms with E-state index in [4.69, 9.17) is 9.47 Å². The Bertz CT molecular complexity index is 607. The van der Waals surface area contributed by atoms with Crippen LogP contribution in [0.2, 0.25) is 0 Å². The van der Waals surface area contributed by atoms with E-state index in [0.29, 0.717) is 18.2 Å². The van der Waals surface area contributed by atoms with Crippen molar-refractivity contribution in [2.45, 2.75) is 79.1 Å². The molecule has 1 aromatic rings. The molecule has 0 unspecified atom stereocenters. The van der Waals surface area contributed by atoms with Crippen LogP contribution in [-0.4, -0.2) is 47.1 Å². The first-order valence-corrected chi connectivity index (χ1v) is 10.4. The highest BCUT2D eigenvalue weighted by atomic mass is 32.1. The fourth-order valence-corrected chi connectivity index (χ4v) is 3.24. The molecule has 1 rings (SSSR count). The lowest BCUT2D eigenvalue weighted by molar-refractivity contribution is 0.0174. The van der Waals surface area contributed by atoms with Crippen molar-refractivity contribution < 1.29 is 19.1 Å². The maximum absolute atomic E-state index is 12.7. The summed E-state index contributed by atoms with van der Waals surface area (Å²) >= 11 is 1.33. The maximum Gasteiger partial charge on any atom is 0.410 e. The normalized spacial score (nSPS) is 12.9. The van der Waals surface area contributed by atoms with E-state index in [1.807, 2.05) is 40.0 Å². The predicted molar refractivity (Wildman–Crippen MR) is 108 cm³/mol. The first kappa shape index (κ1) is 23.6. The number of hydrogen-bond acceptors (Lipinski definition) is 6. The van der Waals surface area contributed by atoms with Crippen LogP contribution in [0.3, 0.4) is 0 Å². The Labute approximate surface area is 167 Å². The van der Waals surface area contributed by atoms with Crippen LogP contribution in [0.25, 0.3) is 0 Å².